The Labute approximate surface area is 110 Å². The molecule has 1 aromatic carbocycles. The van der Waals surface area contributed by atoms with E-state index in [4.69, 9.17) is 10.7 Å². The van der Waals surface area contributed by atoms with Gasteiger partial charge in [-0.15, -0.1) is 13.2 Å². The third-order valence-electron chi connectivity index (χ3n) is 1.87. The molecule has 10 heteroatoms. The average Bonchev–Trinajstić information content (AvgIpc) is 2.24. The standard InChI is InChI=1S/C9H6ClF3O5S/c1-17-8(14)6-3-2-5(19(10,15)16)4-7(6)18-9(11,12)13/h2-4H,1H3. The van der Waals surface area contributed by atoms with Crippen LogP contribution in [0.3, 0.4) is 0 Å². The average molecular weight is 319 g/mol. The topological polar surface area (TPSA) is 69.7 Å². The van der Waals surface area contributed by atoms with Crippen molar-refractivity contribution < 1.29 is 35.9 Å². The number of hydrogen-bond acceptors (Lipinski definition) is 5. The number of methoxy groups -OCH3 is 1. The highest BCUT2D eigenvalue weighted by Gasteiger charge is 2.33. The molecule has 0 atom stereocenters. The lowest BCUT2D eigenvalue weighted by atomic mass is 10.2. The maximum atomic E-state index is 12.2. The molecule has 1 aromatic rings. The number of benzene rings is 1. The molecule has 0 radical (unpaired) electrons. The number of carbonyl (C=O) groups is 1. The van der Waals surface area contributed by atoms with E-state index in [0.717, 1.165) is 19.2 Å². The lowest BCUT2D eigenvalue weighted by Gasteiger charge is -2.12. The normalized spacial score (nSPS) is 12.1. The highest BCUT2D eigenvalue weighted by atomic mass is 35.7. The van der Waals surface area contributed by atoms with E-state index in [-0.39, 0.29) is 0 Å². The Kier molecular flexibility index (Phi) is 4.31. The lowest BCUT2D eigenvalue weighted by Crippen LogP contribution is -2.19. The quantitative estimate of drug-likeness (QED) is 0.632. The number of hydrogen-bond donors (Lipinski definition) is 0. The molecule has 5 nitrogen and oxygen atoms in total. The van der Waals surface area contributed by atoms with Crippen LogP contribution in [0.4, 0.5) is 13.2 Å². The third-order valence-corrected chi connectivity index (χ3v) is 3.22. The number of ether oxygens (including phenoxy) is 2. The van der Waals surface area contributed by atoms with E-state index in [9.17, 15) is 26.4 Å². The fourth-order valence-electron chi connectivity index (χ4n) is 1.14. The van der Waals surface area contributed by atoms with Crippen molar-refractivity contribution in [2.75, 3.05) is 7.11 Å². The van der Waals surface area contributed by atoms with Crippen LogP contribution in [0.15, 0.2) is 23.1 Å². The van der Waals surface area contributed by atoms with Crippen molar-refractivity contribution in [3.63, 3.8) is 0 Å². The van der Waals surface area contributed by atoms with E-state index in [0.29, 0.717) is 6.07 Å². The monoisotopic (exact) mass is 318 g/mol. The highest BCUT2D eigenvalue weighted by Crippen LogP contribution is 2.30. The second-order valence-corrected chi connectivity index (χ2v) is 5.70. The molecular weight excluding hydrogens is 313 g/mol. The highest BCUT2D eigenvalue weighted by molar-refractivity contribution is 8.13. The summed E-state index contributed by atoms with van der Waals surface area (Å²) in [5.74, 6) is -2.13. The Hall–Kier alpha value is -1.48. The predicted octanol–water partition coefficient (Wildman–Crippen LogP) is 2.30. The summed E-state index contributed by atoms with van der Waals surface area (Å²) in [5, 5.41) is 0. The van der Waals surface area contributed by atoms with E-state index < -0.39 is 37.6 Å². The van der Waals surface area contributed by atoms with E-state index in [1.807, 2.05) is 0 Å². The lowest BCUT2D eigenvalue weighted by molar-refractivity contribution is -0.274. The van der Waals surface area contributed by atoms with E-state index in [1.54, 1.807) is 0 Å². The zero-order valence-corrected chi connectivity index (χ0v) is 10.8. The van der Waals surface area contributed by atoms with Gasteiger partial charge in [0.05, 0.1) is 12.0 Å². The van der Waals surface area contributed by atoms with Crippen molar-refractivity contribution in [1.82, 2.24) is 0 Å². The summed E-state index contributed by atoms with van der Waals surface area (Å²) in [6, 6.07) is 2.15. The molecule has 0 aromatic heterocycles. The third kappa shape index (κ3) is 4.28. The van der Waals surface area contributed by atoms with Gasteiger partial charge in [0.2, 0.25) is 0 Å². The molecule has 0 N–H and O–H groups in total. The van der Waals surface area contributed by atoms with Crippen molar-refractivity contribution in [3.05, 3.63) is 23.8 Å². The predicted molar refractivity (Wildman–Crippen MR) is 57.5 cm³/mol. The summed E-state index contributed by atoms with van der Waals surface area (Å²) in [6.45, 7) is 0. The molecule has 0 bridgehead atoms. The SMILES string of the molecule is COC(=O)c1ccc(S(=O)(=O)Cl)cc1OC(F)(F)F. The number of halogens is 4. The van der Waals surface area contributed by atoms with Crippen LogP contribution in [0.25, 0.3) is 0 Å². The molecule has 19 heavy (non-hydrogen) atoms. The summed E-state index contributed by atoms with van der Waals surface area (Å²) in [6.07, 6.45) is -5.10. The number of rotatable bonds is 3. The smallest absolute Gasteiger partial charge is 0.465 e. The molecule has 0 heterocycles. The van der Waals surface area contributed by atoms with Gasteiger partial charge in [-0.05, 0) is 12.1 Å². The molecular formula is C9H6ClF3O5S. The Morgan fingerprint density at radius 2 is 1.89 bits per heavy atom. The molecule has 106 valence electrons. The number of esters is 1. The first kappa shape index (κ1) is 15.6. The van der Waals surface area contributed by atoms with Gasteiger partial charge in [-0.2, -0.15) is 0 Å². The van der Waals surface area contributed by atoms with Crippen molar-refractivity contribution >= 4 is 25.7 Å². The summed E-state index contributed by atoms with van der Waals surface area (Å²) in [4.78, 5) is 10.6. The van der Waals surface area contributed by atoms with Gasteiger partial charge in [-0.25, -0.2) is 13.2 Å². The van der Waals surface area contributed by atoms with E-state index in [2.05, 4.69) is 9.47 Å². The molecule has 0 aliphatic rings. The van der Waals surface area contributed by atoms with E-state index in [1.165, 1.54) is 0 Å². The summed E-state index contributed by atoms with van der Waals surface area (Å²) in [5.41, 5.74) is -0.580. The zero-order chi connectivity index (χ0) is 14.8. The molecule has 0 saturated heterocycles. The van der Waals surface area contributed by atoms with Crippen LogP contribution < -0.4 is 4.74 Å². The minimum absolute atomic E-state index is 0.488. The van der Waals surface area contributed by atoms with Crippen LogP contribution in [-0.4, -0.2) is 27.9 Å². The summed E-state index contributed by atoms with van der Waals surface area (Å²) >= 11 is 0. The molecule has 0 aliphatic heterocycles. The van der Waals surface area contributed by atoms with Gasteiger partial charge in [-0.3, -0.25) is 0 Å². The van der Waals surface area contributed by atoms with Crippen LogP contribution in [-0.2, 0) is 13.8 Å². The minimum atomic E-state index is -5.10. The van der Waals surface area contributed by atoms with Crippen molar-refractivity contribution in [2.24, 2.45) is 0 Å². The second kappa shape index (κ2) is 5.25. The molecule has 0 spiro atoms. The molecule has 0 amide bonds. The van der Waals surface area contributed by atoms with Crippen LogP contribution in [0, 0.1) is 0 Å². The van der Waals surface area contributed by atoms with Crippen molar-refractivity contribution in [3.8, 4) is 5.75 Å². The van der Waals surface area contributed by atoms with Crippen LogP contribution in [0.2, 0.25) is 0 Å². The first-order valence-corrected chi connectivity index (χ1v) is 6.78. The first-order valence-electron chi connectivity index (χ1n) is 4.47. The van der Waals surface area contributed by atoms with Gasteiger partial charge in [0.1, 0.15) is 11.3 Å². The van der Waals surface area contributed by atoms with Crippen molar-refractivity contribution in [1.29, 1.82) is 0 Å². The van der Waals surface area contributed by atoms with Gasteiger partial charge in [0.15, 0.2) is 0 Å². The van der Waals surface area contributed by atoms with Gasteiger partial charge < -0.3 is 9.47 Å². The largest absolute Gasteiger partial charge is 0.573 e. The van der Waals surface area contributed by atoms with Gasteiger partial charge in [0.25, 0.3) is 9.05 Å². The number of carbonyl (C=O) groups excluding carboxylic acids is 1. The second-order valence-electron chi connectivity index (χ2n) is 3.14. The molecule has 0 saturated carbocycles. The molecule has 0 aliphatic carbocycles. The minimum Gasteiger partial charge on any atom is -0.465 e. The zero-order valence-electron chi connectivity index (χ0n) is 9.19. The fraction of sp³-hybridized carbons (Fsp3) is 0.222. The van der Waals surface area contributed by atoms with Gasteiger partial charge in [0, 0.05) is 16.7 Å². The Bertz CT molecular complexity index is 596. The molecule has 1 rings (SSSR count). The van der Waals surface area contributed by atoms with Crippen LogP contribution >= 0.6 is 10.7 Å². The summed E-state index contributed by atoms with van der Waals surface area (Å²) in [7, 11) is 1.68. The Morgan fingerprint density at radius 3 is 2.32 bits per heavy atom. The fourth-order valence-corrected chi connectivity index (χ4v) is 1.91. The van der Waals surface area contributed by atoms with Gasteiger partial charge in [-0.1, -0.05) is 0 Å². The van der Waals surface area contributed by atoms with Crippen LogP contribution in [0.5, 0.6) is 5.75 Å². The molecule has 0 fully saturated rings. The maximum Gasteiger partial charge on any atom is 0.573 e. The Balaban J connectivity index is 3.39. The maximum absolute atomic E-state index is 12.2. The Morgan fingerprint density at radius 1 is 1.32 bits per heavy atom. The van der Waals surface area contributed by atoms with Gasteiger partial charge >= 0.3 is 12.3 Å². The van der Waals surface area contributed by atoms with Crippen molar-refractivity contribution in [2.45, 2.75) is 11.3 Å². The van der Waals surface area contributed by atoms with E-state index >= 15 is 0 Å². The number of alkyl halides is 3. The van der Waals surface area contributed by atoms with Crippen LogP contribution in [0.1, 0.15) is 10.4 Å². The first-order chi connectivity index (χ1) is 8.54. The summed E-state index contributed by atoms with van der Waals surface area (Å²) < 4.78 is 66.3. The molecule has 0 unspecified atom stereocenters.